The minimum Gasteiger partial charge on any atom is -0.297 e. The molecule has 1 nitrogen and oxygen atoms in total. The average molecular weight is 199 g/mol. The zero-order valence-electron chi connectivity index (χ0n) is 6.90. The summed E-state index contributed by atoms with van der Waals surface area (Å²) in [4.78, 5) is 1.93. The molecule has 1 unspecified atom stereocenters. The van der Waals surface area contributed by atoms with Gasteiger partial charge in [0.05, 0.1) is 0 Å². The zero-order chi connectivity index (χ0) is 9.19. The molecule has 1 atom stereocenters. The first-order chi connectivity index (χ1) is 5.50. The van der Waals surface area contributed by atoms with E-state index in [0.29, 0.717) is 12.3 Å². The standard InChI is InChI=1S/C7H12F3NS/c1-11-4-2-3-6(12-5-11)7(8,9)10/h6H,2-5H2,1H3. The quantitative estimate of drug-likeness (QED) is 0.589. The van der Waals surface area contributed by atoms with Crippen molar-refractivity contribution in [2.24, 2.45) is 0 Å². The summed E-state index contributed by atoms with van der Waals surface area (Å²) in [6, 6.07) is 0. The molecule has 0 aromatic rings. The summed E-state index contributed by atoms with van der Waals surface area (Å²) in [6.45, 7) is 0.777. The van der Waals surface area contributed by atoms with Gasteiger partial charge in [-0.15, -0.1) is 11.8 Å². The van der Waals surface area contributed by atoms with Crippen molar-refractivity contribution in [3.8, 4) is 0 Å². The number of hydrogen-bond donors (Lipinski definition) is 0. The number of nitrogens with zero attached hydrogens (tertiary/aromatic N) is 1. The first-order valence-electron chi connectivity index (χ1n) is 3.87. The second-order valence-corrected chi connectivity index (χ2v) is 4.21. The first-order valence-corrected chi connectivity index (χ1v) is 4.92. The van der Waals surface area contributed by atoms with E-state index < -0.39 is 11.4 Å². The number of alkyl halides is 3. The predicted molar refractivity (Wildman–Crippen MR) is 44.2 cm³/mol. The Kier molecular flexibility index (Phi) is 3.29. The molecule has 0 aliphatic carbocycles. The highest BCUT2D eigenvalue weighted by Gasteiger charge is 2.40. The summed E-state index contributed by atoms with van der Waals surface area (Å²) in [5, 5.41) is -1.15. The third-order valence-corrected chi connectivity index (χ3v) is 3.36. The number of thioether (sulfide) groups is 1. The van der Waals surface area contributed by atoms with E-state index in [1.165, 1.54) is 0 Å². The van der Waals surface area contributed by atoms with Gasteiger partial charge in [-0.05, 0) is 26.4 Å². The van der Waals surface area contributed by atoms with Crippen molar-refractivity contribution in [3.63, 3.8) is 0 Å². The molecule has 1 aliphatic rings. The third-order valence-electron chi connectivity index (χ3n) is 1.87. The largest absolute Gasteiger partial charge is 0.400 e. The molecule has 0 spiro atoms. The normalized spacial score (nSPS) is 28.5. The Morgan fingerprint density at radius 2 is 2.08 bits per heavy atom. The third kappa shape index (κ3) is 2.86. The van der Waals surface area contributed by atoms with Crippen molar-refractivity contribution in [2.75, 3.05) is 19.5 Å². The summed E-state index contributed by atoms with van der Waals surface area (Å²) in [5.41, 5.74) is 0. The van der Waals surface area contributed by atoms with Gasteiger partial charge >= 0.3 is 6.18 Å². The van der Waals surface area contributed by atoms with E-state index in [-0.39, 0.29) is 6.42 Å². The van der Waals surface area contributed by atoms with Crippen LogP contribution >= 0.6 is 11.8 Å². The first kappa shape index (κ1) is 10.2. The van der Waals surface area contributed by atoms with E-state index in [1.807, 2.05) is 11.9 Å². The van der Waals surface area contributed by atoms with Crippen LogP contribution in [-0.2, 0) is 0 Å². The van der Waals surface area contributed by atoms with Gasteiger partial charge < -0.3 is 0 Å². The summed E-state index contributed by atoms with van der Waals surface area (Å²) in [6.07, 6.45) is -3.11. The molecule has 1 fully saturated rings. The fourth-order valence-corrected chi connectivity index (χ4v) is 2.26. The molecule has 0 saturated carbocycles. The summed E-state index contributed by atoms with van der Waals surface area (Å²) >= 11 is 1.000. The lowest BCUT2D eigenvalue weighted by Gasteiger charge is -2.17. The Balaban J connectivity index is 2.46. The SMILES string of the molecule is CN1CCCC(C(F)(F)F)SC1. The number of hydrogen-bond acceptors (Lipinski definition) is 2. The average Bonchev–Trinajstić information content (AvgIpc) is 2.11. The van der Waals surface area contributed by atoms with E-state index in [2.05, 4.69) is 0 Å². The molecule has 0 bridgehead atoms. The Morgan fingerprint density at radius 1 is 1.42 bits per heavy atom. The van der Waals surface area contributed by atoms with Gasteiger partial charge in [-0.25, -0.2) is 0 Å². The Morgan fingerprint density at radius 3 is 2.67 bits per heavy atom. The van der Waals surface area contributed by atoms with Crippen LogP contribution in [0.1, 0.15) is 12.8 Å². The lowest BCUT2D eigenvalue weighted by Crippen LogP contribution is -2.25. The zero-order valence-corrected chi connectivity index (χ0v) is 7.71. The Hall–Kier alpha value is 0.100. The lowest BCUT2D eigenvalue weighted by atomic mass is 10.2. The summed E-state index contributed by atoms with van der Waals surface area (Å²) in [5.74, 6) is 0.490. The van der Waals surface area contributed by atoms with Gasteiger partial charge in [0.1, 0.15) is 5.25 Å². The molecule has 72 valence electrons. The van der Waals surface area contributed by atoms with Crippen LogP contribution in [0.2, 0.25) is 0 Å². The van der Waals surface area contributed by atoms with Gasteiger partial charge in [-0.3, -0.25) is 4.90 Å². The monoisotopic (exact) mass is 199 g/mol. The van der Waals surface area contributed by atoms with Crippen LogP contribution in [0.5, 0.6) is 0 Å². The molecule has 0 amide bonds. The lowest BCUT2D eigenvalue weighted by molar-refractivity contribution is -0.129. The second kappa shape index (κ2) is 3.87. The second-order valence-electron chi connectivity index (χ2n) is 3.05. The van der Waals surface area contributed by atoms with Gasteiger partial charge in [0.25, 0.3) is 0 Å². The van der Waals surface area contributed by atoms with Crippen molar-refractivity contribution in [2.45, 2.75) is 24.3 Å². The van der Waals surface area contributed by atoms with Gasteiger partial charge in [0.15, 0.2) is 0 Å². The van der Waals surface area contributed by atoms with E-state index >= 15 is 0 Å². The molecule has 5 heteroatoms. The van der Waals surface area contributed by atoms with Crippen molar-refractivity contribution in [3.05, 3.63) is 0 Å². The van der Waals surface area contributed by atoms with Gasteiger partial charge in [0.2, 0.25) is 0 Å². The molecule has 1 rings (SSSR count). The van der Waals surface area contributed by atoms with Gasteiger partial charge in [-0.1, -0.05) is 0 Å². The molecule has 1 saturated heterocycles. The molecule has 0 aromatic carbocycles. The molecule has 0 N–H and O–H groups in total. The molecule has 0 radical (unpaired) electrons. The molecule has 12 heavy (non-hydrogen) atoms. The fourth-order valence-electron chi connectivity index (χ4n) is 1.17. The maximum atomic E-state index is 12.2. The summed E-state index contributed by atoms with van der Waals surface area (Å²) < 4.78 is 36.6. The fraction of sp³-hybridized carbons (Fsp3) is 1.00. The van der Waals surface area contributed by atoms with Crippen molar-refractivity contribution in [1.29, 1.82) is 0 Å². The highest BCUT2D eigenvalue weighted by molar-refractivity contribution is 7.99. The van der Waals surface area contributed by atoms with Gasteiger partial charge in [0, 0.05) is 5.88 Å². The van der Waals surface area contributed by atoms with Crippen LogP contribution in [0.3, 0.4) is 0 Å². The maximum absolute atomic E-state index is 12.2. The van der Waals surface area contributed by atoms with E-state index in [0.717, 1.165) is 18.3 Å². The highest BCUT2D eigenvalue weighted by atomic mass is 32.2. The van der Waals surface area contributed by atoms with Crippen LogP contribution in [0.4, 0.5) is 13.2 Å². The topological polar surface area (TPSA) is 3.24 Å². The minimum absolute atomic E-state index is 0.262. The molecule has 1 heterocycles. The Bertz CT molecular complexity index is 148. The highest BCUT2D eigenvalue weighted by Crippen LogP contribution is 2.35. The van der Waals surface area contributed by atoms with Crippen molar-refractivity contribution < 1.29 is 13.2 Å². The molecule has 0 aromatic heterocycles. The molecule has 1 aliphatic heterocycles. The minimum atomic E-state index is -4.02. The predicted octanol–water partition coefficient (Wildman–Crippen LogP) is 2.33. The smallest absolute Gasteiger partial charge is 0.297 e. The van der Waals surface area contributed by atoms with E-state index in [4.69, 9.17) is 0 Å². The maximum Gasteiger partial charge on any atom is 0.400 e. The summed E-state index contributed by atoms with van der Waals surface area (Å²) in [7, 11) is 1.85. The molecular weight excluding hydrogens is 187 g/mol. The number of halogens is 3. The van der Waals surface area contributed by atoms with Crippen LogP contribution in [0.15, 0.2) is 0 Å². The van der Waals surface area contributed by atoms with Crippen molar-refractivity contribution >= 4 is 11.8 Å². The van der Waals surface area contributed by atoms with Crippen LogP contribution in [-0.4, -0.2) is 35.8 Å². The van der Waals surface area contributed by atoms with Crippen LogP contribution in [0.25, 0.3) is 0 Å². The van der Waals surface area contributed by atoms with Crippen molar-refractivity contribution in [1.82, 2.24) is 4.90 Å². The Labute approximate surface area is 74.3 Å². The van der Waals surface area contributed by atoms with Gasteiger partial charge in [-0.2, -0.15) is 13.2 Å². The van der Waals surface area contributed by atoms with E-state index in [9.17, 15) is 13.2 Å². The van der Waals surface area contributed by atoms with E-state index in [1.54, 1.807) is 0 Å². The number of rotatable bonds is 0. The van der Waals surface area contributed by atoms with Crippen LogP contribution in [0, 0.1) is 0 Å². The molecular formula is C7H12F3NS. The van der Waals surface area contributed by atoms with Crippen LogP contribution < -0.4 is 0 Å².